The second-order valence-electron chi connectivity index (χ2n) is 3.01. The van der Waals surface area contributed by atoms with Crippen LogP contribution >= 0.6 is 0 Å². The third kappa shape index (κ3) is 8.31. The zero-order valence-corrected chi connectivity index (χ0v) is 11.7. The summed E-state index contributed by atoms with van der Waals surface area (Å²) in [7, 11) is 0. The molecule has 0 fully saturated rings. The number of phenols is 1. The molecule has 0 radical (unpaired) electrons. The molecule has 1 amide bonds. The molecule has 0 bridgehead atoms. The van der Waals surface area contributed by atoms with Gasteiger partial charge in [0.05, 0.1) is 6.04 Å². The molecule has 0 aliphatic rings. The van der Waals surface area contributed by atoms with Crippen LogP contribution < -0.4 is 5.32 Å². The standard InChI is InChI=1S/C10H13NO2.2C2H6/c1-7(11-8(2)12)9-3-5-10(13)6-4-9;2*1-2/h3-7,13H,1-2H3,(H,11,12);2*1-2H3. The van der Waals surface area contributed by atoms with Gasteiger partial charge in [-0.15, -0.1) is 0 Å². The van der Waals surface area contributed by atoms with Gasteiger partial charge in [0.2, 0.25) is 5.91 Å². The molecule has 0 saturated heterocycles. The lowest BCUT2D eigenvalue weighted by Crippen LogP contribution is -2.23. The Morgan fingerprint density at radius 3 is 1.88 bits per heavy atom. The summed E-state index contributed by atoms with van der Waals surface area (Å²) in [4.78, 5) is 10.7. The first-order valence-corrected chi connectivity index (χ1v) is 6.15. The molecule has 3 heteroatoms. The molecule has 98 valence electrons. The molecule has 2 N–H and O–H groups in total. The average Bonchev–Trinajstić information content (AvgIpc) is 2.34. The summed E-state index contributed by atoms with van der Waals surface area (Å²) in [5.41, 5.74) is 0.980. The van der Waals surface area contributed by atoms with Gasteiger partial charge in [-0.2, -0.15) is 0 Å². The maximum Gasteiger partial charge on any atom is 0.217 e. The number of amides is 1. The van der Waals surface area contributed by atoms with E-state index in [1.165, 1.54) is 6.92 Å². The molecule has 1 atom stereocenters. The lowest BCUT2D eigenvalue weighted by molar-refractivity contribution is -0.119. The zero-order valence-electron chi connectivity index (χ0n) is 11.7. The van der Waals surface area contributed by atoms with Crippen molar-refractivity contribution in [2.75, 3.05) is 0 Å². The Morgan fingerprint density at radius 2 is 1.53 bits per heavy atom. The number of aromatic hydroxyl groups is 1. The fraction of sp³-hybridized carbons (Fsp3) is 0.500. The summed E-state index contributed by atoms with van der Waals surface area (Å²) in [6.07, 6.45) is 0. The maximum absolute atomic E-state index is 10.7. The number of phenolic OH excluding ortho intramolecular Hbond substituents is 1. The predicted octanol–water partition coefficient (Wildman–Crippen LogP) is 3.64. The van der Waals surface area contributed by atoms with Gasteiger partial charge in [-0.25, -0.2) is 0 Å². The molecule has 1 aromatic carbocycles. The van der Waals surface area contributed by atoms with Crippen molar-refractivity contribution < 1.29 is 9.90 Å². The molecule has 0 aliphatic heterocycles. The van der Waals surface area contributed by atoms with Crippen molar-refractivity contribution in [2.45, 2.75) is 47.6 Å². The summed E-state index contributed by atoms with van der Waals surface area (Å²) in [6, 6.07) is 6.77. The first kappa shape index (κ1) is 17.9. The van der Waals surface area contributed by atoms with E-state index in [2.05, 4.69) is 5.32 Å². The molecular weight excluding hydrogens is 214 g/mol. The van der Waals surface area contributed by atoms with E-state index in [4.69, 9.17) is 5.11 Å². The minimum absolute atomic E-state index is 0.0156. The van der Waals surface area contributed by atoms with Gasteiger partial charge in [-0.05, 0) is 24.6 Å². The average molecular weight is 239 g/mol. The van der Waals surface area contributed by atoms with E-state index in [1.807, 2.05) is 34.6 Å². The Balaban J connectivity index is 0. The van der Waals surface area contributed by atoms with E-state index in [0.717, 1.165) is 5.56 Å². The Bertz CT molecular complexity index is 294. The quantitative estimate of drug-likeness (QED) is 0.827. The van der Waals surface area contributed by atoms with E-state index in [-0.39, 0.29) is 17.7 Å². The fourth-order valence-electron chi connectivity index (χ4n) is 1.15. The highest BCUT2D eigenvalue weighted by Crippen LogP contribution is 2.15. The van der Waals surface area contributed by atoms with E-state index in [1.54, 1.807) is 24.3 Å². The summed E-state index contributed by atoms with van der Waals surface area (Å²) >= 11 is 0. The Kier molecular flexibility index (Phi) is 11.6. The Morgan fingerprint density at radius 1 is 1.12 bits per heavy atom. The molecule has 0 aliphatic carbocycles. The highest BCUT2D eigenvalue weighted by atomic mass is 16.3. The van der Waals surface area contributed by atoms with Crippen molar-refractivity contribution in [1.82, 2.24) is 5.32 Å². The molecule has 3 nitrogen and oxygen atoms in total. The molecule has 0 aromatic heterocycles. The highest BCUT2D eigenvalue weighted by molar-refractivity contribution is 5.73. The van der Waals surface area contributed by atoms with Gasteiger partial charge in [0.15, 0.2) is 0 Å². The second kappa shape index (κ2) is 11.0. The summed E-state index contributed by atoms with van der Waals surface area (Å²) in [5, 5.41) is 11.8. The smallest absolute Gasteiger partial charge is 0.217 e. The van der Waals surface area contributed by atoms with E-state index < -0.39 is 0 Å². The van der Waals surface area contributed by atoms with Gasteiger partial charge in [-0.3, -0.25) is 4.79 Å². The van der Waals surface area contributed by atoms with Crippen LogP contribution in [0.2, 0.25) is 0 Å². The van der Waals surface area contributed by atoms with Gasteiger partial charge in [-0.1, -0.05) is 39.8 Å². The van der Waals surface area contributed by atoms with Gasteiger partial charge < -0.3 is 10.4 Å². The monoisotopic (exact) mass is 239 g/mol. The largest absolute Gasteiger partial charge is 0.508 e. The summed E-state index contributed by atoms with van der Waals surface area (Å²) in [5.74, 6) is 0.180. The van der Waals surface area contributed by atoms with Crippen molar-refractivity contribution >= 4 is 5.91 Å². The van der Waals surface area contributed by atoms with Crippen LogP contribution in [0.3, 0.4) is 0 Å². The maximum atomic E-state index is 10.7. The number of benzene rings is 1. The molecule has 0 heterocycles. The third-order valence-electron chi connectivity index (χ3n) is 1.81. The molecule has 1 unspecified atom stereocenters. The number of nitrogens with one attached hydrogen (secondary N) is 1. The van der Waals surface area contributed by atoms with E-state index >= 15 is 0 Å². The third-order valence-corrected chi connectivity index (χ3v) is 1.81. The molecule has 0 saturated carbocycles. The van der Waals surface area contributed by atoms with Crippen LogP contribution in [0.5, 0.6) is 5.75 Å². The molecule has 1 rings (SSSR count). The topological polar surface area (TPSA) is 49.3 Å². The van der Waals surface area contributed by atoms with E-state index in [0.29, 0.717) is 0 Å². The highest BCUT2D eigenvalue weighted by Gasteiger charge is 2.05. The molecule has 0 spiro atoms. The van der Waals surface area contributed by atoms with Gasteiger partial charge in [0.25, 0.3) is 0 Å². The van der Waals surface area contributed by atoms with Crippen molar-refractivity contribution in [3.63, 3.8) is 0 Å². The van der Waals surface area contributed by atoms with Crippen LogP contribution in [-0.2, 0) is 4.79 Å². The fourth-order valence-corrected chi connectivity index (χ4v) is 1.15. The van der Waals surface area contributed by atoms with Crippen LogP contribution in [0.15, 0.2) is 24.3 Å². The number of hydrogen-bond acceptors (Lipinski definition) is 2. The van der Waals surface area contributed by atoms with Crippen LogP contribution in [0.25, 0.3) is 0 Å². The van der Waals surface area contributed by atoms with Gasteiger partial charge >= 0.3 is 0 Å². The molecular formula is C14H25NO2. The minimum Gasteiger partial charge on any atom is -0.508 e. The Hall–Kier alpha value is -1.51. The summed E-state index contributed by atoms with van der Waals surface area (Å²) < 4.78 is 0. The van der Waals surface area contributed by atoms with Crippen LogP contribution in [-0.4, -0.2) is 11.0 Å². The zero-order chi connectivity index (χ0) is 13.8. The van der Waals surface area contributed by atoms with Crippen LogP contribution in [0, 0.1) is 0 Å². The lowest BCUT2D eigenvalue weighted by Gasteiger charge is -2.12. The predicted molar refractivity (Wildman–Crippen MR) is 73.0 cm³/mol. The Labute approximate surface area is 105 Å². The molecule has 1 aromatic rings. The van der Waals surface area contributed by atoms with Gasteiger partial charge in [0, 0.05) is 6.92 Å². The normalized spacial score (nSPS) is 10.0. The number of hydrogen-bond donors (Lipinski definition) is 2. The lowest BCUT2D eigenvalue weighted by atomic mass is 10.1. The van der Waals surface area contributed by atoms with Crippen LogP contribution in [0.1, 0.15) is 53.1 Å². The SMILES string of the molecule is CC.CC.CC(=O)NC(C)c1ccc(O)cc1. The number of rotatable bonds is 2. The van der Waals surface area contributed by atoms with Crippen molar-refractivity contribution in [2.24, 2.45) is 0 Å². The van der Waals surface area contributed by atoms with Crippen LogP contribution in [0.4, 0.5) is 0 Å². The first-order valence-electron chi connectivity index (χ1n) is 6.15. The molecule has 17 heavy (non-hydrogen) atoms. The van der Waals surface area contributed by atoms with Gasteiger partial charge in [0.1, 0.15) is 5.75 Å². The second-order valence-corrected chi connectivity index (χ2v) is 3.01. The van der Waals surface area contributed by atoms with Crippen molar-refractivity contribution in [3.8, 4) is 5.75 Å². The minimum atomic E-state index is -0.0550. The number of carbonyl (C=O) groups excluding carboxylic acids is 1. The number of carbonyl (C=O) groups is 1. The first-order chi connectivity index (χ1) is 8.09. The van der Waals surface area contributed by atoms with Crippen molar-refractivity contribution in [3.05, 3.63) is 29.8 Å². The van der Waals surface area contributed by atoms with Crippen molar-refractivity contribution in [1.29, 1.82) is 0 Å². The summed E-state index contributed by atoms with van der Waals surface area (Å²) in [6.45, 7) is 11.4. The van der Waals surface area contributed by atoms with E-state index in [9.17, 15) is 4.79 Å².